The molecule has 0 amide bonds. The number of ether oxygens (including phenoxy) is 1. The molecule has 0 aliphatic heterocycles. The predicted octanol–water partition coefficient (Wildman–Crippen LogP) is 3.94. The first-order valence-electron chi connectivity index (χ1n) is 7.88. The molecule has 0 bridgehead atoms. The summed E-state index contributed by atoms with van der Waals surface area (Å²) in [6.07, 6.45) is -0.137. The van der Waals surface area contributed by atoms with Gasteiger partial charge in [0.2, 0.25) is 5.78 Å². The number of hydrogen-bond acceptors (Lipinski definition) is 6. The number of aromatic nitrogens is 1. The number of aromatic amines is 1. The Balaban J connectivity index is 1.87. The molecule has 2 rings (SSSR count). The lowest BCUT2D eigenvalue weighted by Crippen LogP contribution is -2.16. The summed E-state index contributed by atoms with van der Waals surface area (Å²) in [7, 11) is 0. The van der Waals surface area contributed by atoms with E-state index in [1.807, 2.05) is 0 Å². The molecule has 2 heterocycles. The molecular weight excluding hydrogens is 378 g/mol. The molecule has 2 aromatic heterocycles. The lowest BCUT2D eigenvalue weighted by molar-refractivity contribution is -0.142. The van der Waals surface area contributed by atoms with Gasteiger partial charge >= 0.3 is 5.97 Å². The van der Waals surface area contributed by atoms with Gasteiger partial charge in [-0.05, 0) is 38.5 Å². The second kappa shape index (κ2) is 8.42. The molecule has 1 N–H and O–H groups in total. The van der Waals surface area contributed by atoms with Crippen LogP contribution in [0.2, 0.25) is 4.34 Å². The first-order valence-corrected chi connectivity index (χ1v) is 9.07. The largest absolute Gasteiger partial charge is 0.457 e. The summed E-state index contributed by atoms with van der Waals surface area (Å²) >= 11 is 6.92. The molecule has 138 valence electrons. The number of aryl methyl sites for hydroxylation is 1. The van der Waals surface area contributed by atoms with Crippen molar-refractivity contribution < 1.29 is 23.9 Å². The molecule has 0 aliphatic carbocycles. The maximum absolute atomic E-state index is 12.2. The molecule has 26 heavy (non-hydrogen) atoms. The van der Waals surface area contributed by atoms with Gasteiger partial charge in [-0.1, -0.05) is 11.6 Å². The van der Waals surface area contributed by atoms with Gasteiger partial charge in [0, 0.05) is 17.7 Å². The summed E-state index contributed by atoms with van der Waals surface area (Å²) < 4.78 is 5.45. The van der Waals surface area contributed by atoms with E-state index in [0.717, 1.165) is 11.3 Å². The summed E-state index contributed by atoms with van der Waals surface area (Å²) in [4.78, 5) is 50.8. The Morgan fingerprint density at radius 3 is 2.35 bits per heavy atom. The Bertz CT molecular complexity index is 880. The molecule has 0 radical (unpaired) electrons. The van der Waals surface area contributed by atoms with Crippen molar-refractivity contribution in [3.63, 3.8) is 0 Å². The molecule has 6 nitrogen and oxygen atoms in total. The standard InChI is InChI=1S/C18H18ClNO5S/c1-9-17(11(3)21)10(2)20-18(9)13(23)8-25-16(24)7-4-12(22)14-5-6-15(19)26-14/h5-6,20H,4,7-8H2,1-3H3. The molecular formula is C18H18ClNO5S. The van der Waals surface area contributed by atoms with Gasteiger partial charge < -0.3 is 9.72 Å². The molecule has 2 aromatic rings. The van der Waals surface area contributed by atoms with Crippen molar-refractivity contribution in [2.45, 2.75) is 33.6 Å². The van der Waals surface area contributed by atoms with Crippen LogP contribution in [0, 0.1) is 13.8 Å². The van der Waals surface area contributed by atoms with Gasteiger partial charge in [0.05, 0.1) is 21.3 Å². The summed E-state index contributed by atoms with van der Waals surface area (Å²) in [6.45, 7) is 4.35. The van der Waals surface area contributed by atoms with Crippen molar-refractivity contribution >= 4 is 46.3 Å². The highest BCUT2D eigenvalue weighted by Crippen LogP contribution is 2.23. The summed E-state index contributed by atoms with van der Waals surface area (Å²) in [5, 5.41) is 0. The molecule has 0 spiro atoms. The zero-order chi connectivity index (χ0) is 19.4. The SMILES string of the molecule is CC(=O)c1c(C)[nH]c(C(=O)COC(=O)CCC(=O)c2ccc(Cl)s2)c1C. The van der Waals surface area contributed by atoms with Gasteiger partial charge in [-0.3, -0.25) is 19.2 Å². The van der Waals surface area contributed by atoms with Crippen molar-refractivity contribution in [1.29, 1.82) is 0 Å². The van der Waals surface area contributed by atoms with Crippen LogP contribution in [-0.4, -0.2) is 34.9 Å². The molecule has 0 fully saturated rings. The van der Waals surface area contributed by atoms with Crippen LogP contribution in [0.5, 0.6) is 0 Å². The number of nitrogens with one attached hydrogen (secondary N) is 1. The highest BCUT2D eigenvalue weighted by molar-refractivity contribution is 7.18. The van der Waals surface area contributed by atoms with Gasteiger partial charge in [-0.2, -0.15) is 0 Å². The minimum Gasteiger partial charge on any atom is -0.457 e. The topological polar surface area (TPSA) is 93.3 Å². The van der Waals surface area contributed by atoms with Gasteiger partial charge in [0.25, 0.3) is 0 Å². The van der Waals surface area contributed by atoms with Gasteiger partial charge in [0.15, 0.2) is 18.2 Å². The minimum atomic E-state index is -0.637. The smallest absolute Gasteiger partial charge is 0.306 e. The van der Waals surface area contributed by atoms with E-state index >= 15 is 0 Å². The van der Waals surface area contributed by atoms with Crippen molar-refractivity contribution in [2.75, 3.05) is 6.61 Å². The fraction of sp³-hybridized carbons (Fsp3) is 0.333. The van der Waals surface area contributed by atoms with E-state index in [-0.39, 0.29) is 30.1 Å². The van der Waals surface area contributed by atoms with Crippen molar-refractivity contribution in [3.05, 3.63) is 43.9 Å². The van der Waals surface area contributed by atoms with Gasteiger partial charge in [-0.25, -0.2) is 0 Å². The highest BCUT2D eigenvalue weighted by atomic mass is 35.5. The van der Waals surface area contributed by atoms with Crippen LogP contribution in [0.3, 0.4) is 0 Å². The monoisotopic (exact) mass is 395 g/mol. The number of H-pyrrole nitrogens is 1. The Hall–Kier alpha value is -2.25. The van der Waals surface area contributed by atoms with E-state index in [2.05, 4.69) is 4.98 Å². The zero-order valence-electron chi connectivity index (χ0n) is 14.6. The fourth-order valence-electron chi connectivity index (χ4n) is 2.65. The fourth-order valence-corrected chi connectivity index (χ4v) is 3.66. The lowest BCUT2D eigenvalue weighted by atomic mass is 10.1. The molecule has 0 aromatic carbocycles. The van der Waals surface area contributed by atoms with E-state index in [0.29, 0.717) is 26.0 Å². The second-order valence-electron chi connectivity index (χ2n) is 5.79. The molecule has 0 unspecified atom stereocenters. The van der Waals surface area contributed by atoms with E-state index < -0.39 is 18.4 Å². The van der Waals surface area contributed by atoms with E-state index in [9.17, 15) is 19.2 Å². The van der Waals surface area contributed by atoms with E-state index in [4.69, 9.17) is 16.3 Å². The summed E-state index contributed by atoms with van der Waals surface area (Å²) in [6, 6.07) is 3.22. The van der Waals surface area contributed by atoms with Gasteiger partial charge in [-0.15, -0.1) is 11.3 Å². The number of halogens is 1. The van der Waals surface area contributed by atoms with Crippen LogP contribution < -0.4 is 0 Å². The Morgan fingerprint density at radius 2 is 1.81 bits per heavy atom. The third kappa shape index (κ3) is 4.68. The van der Waals surface area contributed by atoms with Crippen LogP contribution >= 0.6 is 22.9 Å². The summed E-state index contributed by atoms with van der Waals surface area (Å²) in [5.41, 5.74) is 1.87. The number of esters is 1. The number of hydrogen-bond donors (Lipinski definition) is 1. The zero-order valence-corrected chi connectivity index (χ0v) is 16.2. The van der Waals surface area contributed by atoms with Crippen molar-refractivity contribution in [1.82, 2.24) is 4.98 Å². The predicted molar refractivity (Wildman–Crippen MR) is 98.5 cm³/mol. The van der Waals surface area contributed by atoms with E-state index in [1.165, 1.54) is 6.92 Å². The molecule has 8 heteroatoms. The van der Waals surface area contributed by atoms with E-state index in [1.54, 1.807) is 26.0 Å². The molecule has 0 atom stereocenters. The average Bonchev–Trinajstić information content (AvgIpc) is 3.13. The Kier molecular flexibility index (Phi) is 6.50. The van der Waals surface area contributed by atoms with Crippen LogP contribution in [0.25, 0.3) is 0 Å². The lowest BCUT2D eigenvalue weighted by Gasteiger charge is -2.04. The van der Waals surface area contributed by atoms with Crippen LogP contribution in [-0.2, 0) is 9.53 Å². The first-order chi connectivity index (χ1) is 12.2. The molecule has 0 saturated heterocycles. The first kappa shape index (κ1) is 20.1. The van der Waals surface area contributed by atoms with Crippen molar-refractivity contribution in [2.24, 2.45) is 0 Å². The normalized spacial score (nSPS) is 10.6. The average molecular weight is 396 g/mol. The van der Waals surface area contributed by atoms with Crippen molar-refractivity contribution in [3.8, 4) is 0 Å². The quantitative estimate of drug-likeness (QED) is 0.539. The Labute approximate surface area is 159 Å². The van der Waals surface area contributed by atoms with Crippen LogP contribution in [0.15, 0.2) is 12.1 Å². The van der Waals surface area contributed by atoms with Gasteiger partial charge in [0.1, 0.15) is 0 Å². The number of thiophene rings is 1. The summed E-state index contributed by atoms with van der Waals surface area (Å²) in [5.74, 6) is -1.41. The second-order valence-corrected chi connectivity index (χ2v) is 7.51. The number of carbonyl (C=O) groups is 4. The Morgan fingerprint density at radius 1 is 1.12 bits per heavy atom. The van der Waals surface area contributed by atoms with Crippen LogP contribution in [0.4, 0.5) is 0 Å². The molecule has 0 saturated carbocycles. The molecule has 0 aliphatic rings. The maximum atomic E-state index is 12.2. The van der Waals surface area contributed by atoms with Crippen LogP contribution in [0.1, 0.15) is 61.5 Å². The number of carbonyl (C=O) groups excluding carboxylic acids is 4. The number of ketones is 3. The minimum absolute atomic E-state index is 0.0149. The highest BCUT2D eigenvalue weighted by Gasteiger charge is 2.21. The third-order valence-electron chi connectivity index (χ3n) is 3.84. The maximum Gasteiger partial charge on any atom is 0.306 e. The number of Topliss-reactive ketones (excluding diaryl/α,β-unsaturated/α-hetero) is 3. The third-order valence-corrected chi connectivity index (χ3v) is 5.11. The number of rotatable bonds is 8.